The zero-order valence-electron chi connectivity index (χ0n) is 18.3. The second kappa shape index (κ2) is 9.28. The normalized spacial score (nSPS) is 17.1. The smallest absolute Gasteiger partial charge is 0.243 e. The van der Waals surface area contributed by atoms with Crippen LogP contribution in [0.5, 0.6) is 0 Å². The average molecular weight is 481 g/mol. The first-order chi connectivity index (χ1) is 14.9. The number of piperazine rings is 1. The second-order valence-corrected chi connectivity index (χ2v) is 11.4. The van der Waals surface area contributed by atoms with Gasteiger partial charge in [0.25, 0.3) is 0 Å². The topological polar surface area (TPSA) is 130 Å². The van der Waals surface area contributed by atoms with E-state index in [9.17, 15) is 21.6 Å². The van der Waals surface area contributed by atoms with Crippen molar-refractivity contribution in [2.75, 3.05) is 31.5 Å². The number of aryl methyl sites for hydroxylation is 2. The Morgan fingerprint density at radius 1 is 1.00 bits per heavy atom. The highest BCUT2D eigenvalue weighted by molar-refractivity contribution is 7.89. The molecule has 1 unspecified atom stereocenters. The van der Waals surface area contributed by atoms with Crippen LogP contribution < -0.4 is 10.5 Å². The van der Waals surface area contributed by atoms with Crippen molar-refractivity contribution in [2.24, 2.45) is 5.14 Å². The lowest BCUT2D eigenvalue weighted by Crippen LogP contribution is -2.54. The Morgan fingerprint density at radius 3 is 2.25 bits per heavy atom. The minimum Gasteiger partial charge on any atom is -0.325 e. The highest BCUT2D eigenvalue weighted by atomic mass is 32.2. The summed E-state index contributed by atoms with van der Waals surface area (Å²) in [5.74, 6) is -0.317. The van der Waals surface area contributed by atoms with Crippen LogP contribution in [0.2, 0.25) is 0 Å². The largest absolute Gasteiger partial charge is 0.325 e. The first-order valence-electron chi connectivity index (χ1n) is 10.1. The van der Waals surface area contributed by atoms with E-state index in [1.165, 1.54) is 22.5 Å². The zero-order valence-corrected chi connectivity index (χ0v) is 19.9. The van der Waals surface area contributed by atoms with Gasteiger partial charge < -0.3 is 5.32 Å². The summed E-state index contributed by atoms with van der Waals surface area (Å²) in [4.78, 5) is 14.8. The Morgan fingerprint density at radius 2 is 1.66 bits per heavy atom. The monoisotopic (exact) mass is 480 g/mol. The van der Waals surface area contributed by atoms with E-state index in [1.807, 2.05) is 17.9 Å². The summed E-state index contributed by atoms with van der Waals surface area (Å²) >= 11 is 0. The molecule has 2 aromatic carbocycles. The molecular formula is C21H28N4O5S2. The van der Waals surface area contributed by atoms with Gasteiger partial charge in [-0.2, -0.15) is 4.31 Å². The Bertz CT molecular complexity index is 1220. The van der Waals surface area contributed by atoms with Gasteiger partial charge >= 0.3 is 0 Å². The van der Waals surface area contributed by atoms with Crippen molar-refractivity contribution >= 4 is 31.6 Å². The molecule has 1 amide bonds. The van der Waals surface area contributed by atoms with E-state index in [0.717, 1.165) is 5.56 Å². The third-order valence-electron chi connectivity index (χ3n) is 5.58. The van der Waals surface area contributed by atoms with Gasteiger partial charge in [0.15, 0.2) is 0 Å². The second-order valence-electron chi connectivity index (χ2n) is 7.95. The van der Waals surface area contributed by atoms with Gasteiger partial charge in [0.2, 0.25) is 26.0 Å². The van der Waals surface area contributed by atoms with Gasteiger partial charge in [-0.25, -0.2) is 22.0 Å². The van der Waals surface area contributed by atoms with Crippen LogP contribution >= 0.6 is 0 Å². The van der Waals surface area contributed by atoms with Crippen LogP contribution in [0.3, 0.4) is 0 Å². The SMILES string of the molecule is Cc1ccc(S(=O)(=O)N2CCN(C(C)C(=O)Nc3cccc(S(N)(=O)=O)c3)CC2)c(C)c1. The van der Waals surface area contributed by atoms with Gasteiger partial charge in [-0.15, -0.1) is 0 Å². The molecule has 1 saturated heterocycles. The number of anilines is 1. The van der Waals surface area contributed by atoms with E-state index in [-0.39, 0.29) is 23.9 Å². The number of rotatable bonds is 6. The molecule has 3 N–H and O–H groups in total. The van der Waals surface area contributed by atoms with Crippen molar-refractivity contribution in [3.63, 3.8) is 0 Å². The summed E-state index contributed by atoms with van der Waals surface area (Å²) in [5.41, 5.74) is 2.03. The Kier molecular flexibility index (Phi) is 7.06. The van der Waals surface area contributed by atoms with E-state index in [4.69, 9.17) is 5.14 Å². The molecule has 0 saturated carbocycles. The Hall–Kier alpha value is -2.31. The van der Waals surface area contributed by atoms with Crippen LogP contribution in [0.1, 0.15) is 18.1 Å². The van der Waals surface area contributed by atoms with Gasteiger partial charge in [0.1, 0.15) is 0 Å². The lowest BCUT2D eigenvalue weighted by atomic mass is 10.2. The summed E-state index contributed by atoms with van der Waals surface area (Å²) in [6, 6.07) is 10.5. The van der Waals surface area contributed by atoms with Gasteiger partial charge in [-0.05, 0) is 50.6 Å². The molecule has 1 heterocycles. The number of carbonyl (C=O) groups excluding carboxylic acids is 1. The molecule has 0 radical (unpaired) electrons. The summed E-state index contributed by atoms with van der Waals surface area (Å²) in [6.45, 7) is 6.77. The first kappa shape index (κ1) is 24.3. The van der Waals surface area contributed by atoms with Crippen molar-refractivity contribution in [3.05, 3.63) is 53.6 Å². The average Bonchev–Trinajstić information content (AvgIpc) is 2.72. The molecule has 32 heavy (non-hydrogen) atoms. The zero-order chi connectivity index (χ0) is 23.7. The quantitative estimate of drug-likeness (QED) is 0.641. The predicted molar refractivity (Wildman–Crippen MR) is 122 cm³/mol. The molecule has 0 aliphatic carbocycles. The van der Waals surface area contributed by atoms with Crippen molar-refractivity contribution in [3.8, 4) is 0 Å². The molecule has 11 heteroatoms. The van der Waals surface area contributed by atoms with Crippen LogP contribution in [0.15, 0.2) is 52.3 Å². The number of sulfonamides is 2. The summed E-state index contributed by atoms with van der Waals surface area (Å²) < 4.78 is 50.6. The van der Waals surface area contributed by atoms with Crippen LogP contribution in [-0.2, 0) is 24.8 Å². The molecular weight excluding hydrogens is 452 g/mol. The molecule has 1 fully saturated rings. The van der Waals surface area contributed by atoms with Crippen molar-refractivity contribution in [2.45, 2.75) is 36.6 Å². The Balaban J connectivity index is 1.64. The standard InChI is InChI=1S/C21H28N4O5S2/c1-15-7-8-20(16(2)13-15)32(29,30)25-11-9-24(10-12-25)17(3)21(26)23-18-5-4-6-19(14-18)31(22,27)28/h4-8,13-14,17H,9-12H2,1-3H3,(H,23,26)(H2,22,27,28). The third-order valence-corrected chi connectivity index (χ3v) is 8.55. The fraction of sp³-hybridized carbons (Fsp3) is 0.381. The van der Waals surface area contributed by atoms with Crippen LogP contribution in [0.25, 0.3) is 0 Å². The van der Waals surface area contributed by atoms with Crippen LogP contribution in [0.4, 0.5) is 5.69 Å². The number of nitrogens with zero attached hydrogens (tertiary/aromatic N) is 2. The first-order valence-corrected chi connectivity index (χ1v) is 13.1. The van der Waals surface area contributed by atoms with E-state index < -0.39 is 26.1 Å². The number of primary sulfonamides is 1. The van der Waals surface area contributed by atoms with Gasteiger partial charge in [0, 0.05) is 31.9 Å². The number of nitrogens with two attached hydrogens (primary N) is 1. The molecule has 1 aliphatic heterocycles. The lowest BCUT2D eigenvalue weighted by Gasteiger charge is -2.36. The summed E-state index contributed by atoms with van der Waals surface area (Å²) in [7, 11) is -7.48. The molecule has 1 aliphatic rings. The fourth-order valence-electron chi connectivity index (χ4n) is 3.72. The minimum atomic E-state index is -3.87. The molecule has 9 nitrogen and oxygen atoms in total. The molecule has 3 rings (SSSR count). The predicted octanol–water partition coefficient (Wildman–Crippen LogP) is 1.28. The van der Waals surface area contributed by atoms with Gasteiger partial charge in [-0.1, -0.05) is 23.8 Å². The maximum absolute atomic E-state index is 13.1. The van der Waals surface area contributed by atoms with Crippen LogP contribution in [0, 0.1) is 13.8 Å². The van der Waals surface area contributed by atoms with E-state index in [2.05, 4.69) is 5.32 Å². The molecule has 2 aromatic rings. The summed E-state index contributed by atoms with van der Waals surface area (Å²) in [6.07, 6.45) is 0. The van der Waals surface area contributed by atoms with Crippen molar-refractivity contribution < 1.29 is 21.6 Å². The van der Waals surface area contributed by atoms with E-state index in [0.29, 0.717) is 29.2 Å². The lowest BCUT2D eigenvalue weighted by molar-refractivity contribution is -0.121. The van der Waals surface area contributed by atoms with Crippen molar-refractivity contribution in [1.82, 2.24) is 9.21 Å². The molecule has 1 atom stereocenters. The number of hydrogen-bond acceptors (Lipinski definition) is 6. The highest BCUT2D eigenvalue weighted by Crippen LogP contribution is 2.23. The van der Waals surface area contributed by atoms with E-state index >= 15 is 0 Å². The number of carbonyl (C=O) groups is 1. The summed E-state index contributed by atoms with van der Waals surface area (Å²) in [5, 5.41) is 7.84. The number of benzene rings is 2. The highest BCUT2D eigenvalue weighted by Gasteiger charge is 2.32. The molecule has 0 spiro atoms. The van der Waals surface area contributed by atoms with E-state index in [1.54, 1.807) is 32.0 Å². The molecule has 174 valence electrons. The molecule has 0 bridgehead atoms. The number of amides is 1. The Labute approximate surface area is 189 Å². The third kappa shape index (κ3) is 5.36. The fourth-order valence-corrected chi connectivity index (χ4v) is 5.91. The van der Waals surface area contributed by atoms with Crippen molar-refractivity contribution in [1.29, 1.82) is 0 Å². The van der Waals surface area contributed by atoms with Gasteiger partial charge in [0.05, 0.1) is 15.8 Å². The van der Waals surface area contributed by atoms with Gasteiger partial charge in [-0.3, -0.25) is 9.69 Å². The maximum Gasteiger partial charge on any atom is 0.243 e. The van der Waals surface area contributed by atoms with Crippen LogP contribution in [-0.4, -0.2) is 64.2 Å². The minimum absolute atomic E-state index is 0.0897. The molecule has 0 aromatic heterocycles. The number of nitrogens with one attached hydrogen (secondary N) is 1. The number of hydrogen-bond donors (Lipinski definition) is 2. The maximum atomic E-state index is 13.1.